The van der Waals surface area contributed by atoms with Crippen LogP contribution in [-0.4, -0.2) is 39.3 Å². The summed E-state index contributed by atoms with van der Waals surface area (Å²) in [6.45, 7) is 5.79. The van der Waals surface area contributed by atoms with E-state index in [9.17, 15) is 14.4 Å². The van der Waals surface area contributed by atoms with Crippen LogP contribution in [0.1, 0.15) is 66.0 Å². The largest absolute Gasteiger partial charge is 0.341 e. The van der Waals surface area contributed by atoms with Gasteiger partial charge < -0.3 is 9.88 Å². The van der Waals surface area contributed by atoms with Crippen molar-refractivity contribution in [3.05, 3.63) is 58.9 Å². The second-order valence-electron chi connectivity index (χ2n) is 8.28. The van der Waals surface area contributed by atoms with E-state index in [2.05, 4.69) is 28.9 Å². The molecule has 1 saturated heterocycles. The standard InChI is InChI=1S/C23H27N3O3/c1-15-13-19(17(3)26(15)16(2)18-9-5-4-6-10-18)20(27)14-25-21(28)23(24-22(25)29)11-7-8-12-23/h4-6,9-10,13,16H,7-8,11-12,14H2,1-3H3,(H,24,29)/t16-/m0/s1. The Balaban J connectivity index is 1.57. The highest BCUT2D eigenvalue weighted by atomic mass is 16.2. The zero-order chi connectivity index (χ0) is 20.8. The fourth-order valence-electron chi connectivity index (χ4n) is 4.90. The van der Waals surface area contributed by atoms with Crippen LogP contribution in [0, 0.1) is 13.8 Å². The molecule has 6 nitrogen and oxygen atoms in total. The molecule has 6 heteroatoms. The Morgan fingerprint density at radius 2 is 1.79 bits per heavy atom. The number of nitrogens with one attached hydrogen (secondary N) is 1. The number of benzene rings is 1. The van der Waals surface area contributed by atoms with Crippen LogP contribution < -0.4 is 5.32 Å². The average Bonchev–Trinajstić information content (AvgIpc) is 3.36. The minimum Gasteiger partial charge on any atom is -0.341 e. The van der Waals surface area contributed by atoms with Crippen molar-refractivity contribution < 1.29 is 14.4 Å². The van der Waals surface area contributed by atoms with E-state index >= 15 is 0 Å². The molecule has 1 N–H and O–H groups in total. The lowest BCUT2D eigenvalue weighted by atomic mass is 9.98. The predicted molar refractivity (Wildman–Crippen MR) is 110 cm³/mol. The summed E-state index contributed by atoms with van der Waals surface area (Å²) in [5, 5.41) is 2.84. The quantitative estimate of drug-likeness (QED) is 0.621. The molecule has 29 heavy (non-hydrogen) atoms. The zero-order valence-electron chi connectivity index (χ0n) is 17.2. The van der Waals surface area contributed by atoms with Crippen molar-refractivity contribution >= 4 is 17.7 Å². The summed E-state index contributed by atoms with van der Waals surface area (Å²) < 4.78 is 2.13. The number of hydrogen-bond acceptors (Lipinski definition) is 3. The normalized spacial score (nSPS) is 19.1. The number of ketones is 1. The van der Waals surface area contributed by atoms with Crippen molar-refractivity contribution in [1.82, 2.24) is 14.8 Å². The van der Waals surface area contributed by atoms with Crippen LogP contribution in [0.25, 0.3) is 0 Å². The van der Waals surface area contributed by atoms with Gasteiger partial charge in [-0.15, -0.1) is 0 Å². The minimum absolute atomic E-state index is 0.0798. The van der Waals surface area contributed by atoms with Crippen molar-refractivity contribution in [2.75, 3.05) is 6.54 Å². The molecule has 2 fully saturated rings. The molecule has 0 unspecified atom stereocenters. The van der Waals surface area contributed by atoms with Crippen LogP contribution in [0.2, 0.25) is 0 Å². The van der Waals surface area contributed by atoms with E-state index in [4.69, 9.17) is 0 Å². The first-order valence-corrected chi connectivity index (χ1v) is 10.2. The van der Waals surface area contributed by atoms with Gasteiger partial charge in [-0.1, -0.05) is 43.2 Å². The number of aromatic nitrogens is 1. The predicted octanol–water partition coefficient (Wildman–Crippen LogP) is 3.76. The van der Waals surface area contributed by atoms with Gasteiger partial charge in [0, 0.05) is 17.0 Å². The van der Waals surface area contributed by atoms with E-state index in [1.807, 2.05) is 38.1 Å². The van der Waals surface area contributed by atoms with E-state index in [0.29, 0.717) is 18.4 Å². The van der Waals surface area contributed by atoms with E-state index in [-0.39, 0.29) is 24.3 Å². The zero-order valence-corrected chi connectivity index (χ0v) is 17.2. The first-order valence-electron chi connectivity index (χ1n) is 10.2. The monoisotopic (exact) mass is 393 g/mol. The van der Waals surface area contributed by atoms with Gasteiger partial charge in [0.2, 0.25) is 0 Å². The number of amides is 3. The molecule has 1 aromatic carbocycles. The molecular formula is C23H27N3O3. The van der Waals surface area contributed by atoms with Crippen LogP contribution in [-0.2, 0) is 4.79 Å². The summed E-state index contributed by atoms with van der Waals surface area (Å²) in [5.41, 5.74) is 2.78. The first kappa shape index (κ1) is 19.4. The molecule has 2 heterocycles. The van der Waals surface area contributed by atoms with Crippen LogP contribution >= 0.6 is 0 Å². The first-order chi connectivity index (χ1) is 13.8. The van der Waals surface area contributed by atoms with Crippen LogP contribution in [0.5, 0.6) is 0 Å². The fraction of sp³-hybridized carbons (Fsp3) is 0.435. The topological polar surface area (TPSA) is 71.4 Å². The van der Waals surface area contributed by atoms with Crippen LogP contribution in [0.15, 0.2) is 36.4 Å². The number of aryl methyl sites for hydroxylation is 1. The third kappa shape index (κ3) is 3.16. The Bertz CT molecular complexity index is 971. The summed E-state index contributed by atoms with van der Waals surface area (Å²) >= 11 is 0. The average molecular weight is 393 g/mol. The molecular weight excluding hydrogens is 366 g/mol. The van der Waals surface area contributed by atoms with E-state index in [0.717, 1.165) is 34.7 Å². The highest BCUT2D eigenvalue weighted by molar-refractivity contribution is 6.11. The Labute approximate surface area is 170 Å². The molecule has 1 saturated carbocycles. The number of hydrogen-bond donors (Lipinski definition) is 1. The molecule has 2 aliphatic rings. The van der Waals surface area contributed by atoms with Crippen LogP contribution in [0.4, 0.5) is 4.79 Å². The Hall–Kier alpha value is -2.89. The summed E-state index contributed by atoms with van der Waals surface area (Å²) in [5.74, 6) is -0.456. The van der Waals surface area contributed by atoms with Gasteiger partial charge in [0.05, 0.1) is 12.6 Å². The smallest absolute Gasteiger partial charge is 0.325 e. The molecule has 1 aliphatic heterocycles. The number of Topliss-reactive ketones (excluding diaryl/α,β-unsaturated/α-hetero) is 1. The Kier molecular flexibility index (Phi) is 4.81. The number of urea groups is 1. The lowest BCUT2D eigenvalue weighted by Crippen LogP contribution is -2.44. The highest BCUT2D eigenvalue weighted by Crippen LogP contribution is 2.35. The van der Waals surface area contributed by atoms with Crippen molar-refractivity contribution in [2.45, 2.75) is 58.0 Å². The summed E-state index contributed by atoms with van der Waals surface area (Å²) in [4.78, 5) is 39.4. The van der Waals surface area contributed by atoms with Gasteiger partial charge in [0.1, 0.15) is 5.54 Å². The third-order valence-corrected chi connectivity index (χ3v) is 6.46. The molecule has 0 radical (unpaired) electrons. The van der Waals surface area contributed by atoms with Gasteiger partial charge in [-0.3, -0.25) is 14.5 Å². The Morgan fingerprint density at radius 1 is 1.14 bits per heavy atom. The maximum Gasteiger partial charge on any atom is 0.325 e. The maximum absolute atomic E-state index is 13.1. The molecule has 2 aromatic rings. The number of imide groups is 1. The second kappa shape index (κ2) is 7.17. The maximum atomic E-state index is 13.1. The third-order valence-electron chi connectivity index (χ3n) is 6.46. The number of nitrogens with zero attached hydrogens (tertiary/aromatic N) is 2. The fourth-order valence-corrected chi connectivity index (χ4v) is 4.90. The van der Waals surface area contributed by atoms with E-state index in [1.165, 1.54) is 0 Å². The molecule has 1 spiro atoms. The van der Waals surface area contributed by atoms with Crippen molar-refractivity contribution in [1.29, 1.82) is 0 Å². The molecule has 3 amide bonds. The summed E-state index contributed by atoms with van der Waals surface area (Å²) in [6, 6.07) is 11.6. The van der Waals surface area contributed by atoms with Gasteiger partial charge >= 0.3 is 6.03 Å². The molecule has 0 bridgehead atoms. The van der Waals surface area contributed by atoms with Crippen molar-refractivity contribution in [3.8, 4) is 0 Å². The molecule has 1 aromatic heterocycles. The number of carbonyl (C=O) groups excluding carboxylic acids is 3. The second-order valence-corrected chi connectivity index (χ2v) is 8.28. The molecule has 1 atom stereocenters. The summed E-state index contributed by atoms with van der Waals surface area (Å²) in [6.07, 6.45) is 3.16. The van der Waals surface area contributed by atoms with Gasteiger partial charge in [-0.05, 0) is 45.2 Å². The summed E-state index contributed by atoms with van der Waals surface area (Å²) in [7, 11) is 0. The number of rotatable bonds is 5. The molecule has 4 rings (SSSR count). The lowest BCUT2D eigenvalue weighted by Gasteiger charge is -2.20. The van der Waals surface area contributed by atoms with Gasteiger partial charge in [-0.2, -0.15) is 0 Å². The number of carbonyl (C=O) groups is 3. The highest BCUT2D eigenvalue weighted by Gasteiger charge is 2.52. The minimum atomic E-state index is -0.782. The molecule has 152 valence electrons. The lowest BCUT2D eigenvalue weighted by molar-refractivity contribution is -0.130. The molecule has 1 aliphatic carbocycles. The van der Waals surface area contributed by atoms with Crippen LogP contribution in [0.3, 0.4) is 0 Å². The van der Waals surface area contributed by atoms with Gasteiger partial charge in [0.15, 0.2) is 5.78 Å². The van der Waals surface area contributed by atoms with Gasteiger partial charge in [-0.25, -0.2) is 4.79 Å². The SMILES string of the molecule is Cc1cc(C(=O)CN2C(=O)NC3(CCCC3)C2=O)c(C)n1[C@@H](C)c1ccccc1. The van der Waals surface area contributed by atoms with Gasteiger partial charge in [0.25, 0.3) is 5.91 Å². The van der Waals surface area contributed by atoms with E-state index in [1.54, 1.807) is 0 Å². The van der Waals surface area contributed by atoms with Crippen molar-refractivity contribution in [2.24, 2.45) is 0 Å². The van der Waals surface area contributed by atoms with E-state index < -0.39 is 11.6 Å². The Morgan fingerprint density at radius 3 is 2.45 bits per heavy atom. The van der Waals surface area contributed by atoms with Crippen molar-refractivity contribution in [3.63, 3.8) is 0 Å².